The average Bonchev–Trinajstić information content (AvgIpc) is 3.03. The average molecular weight is 247 g/mol. The van der Waals surface area contributed by atoms with Crippen LogP contribution in [0.3, 0.4) is 0 Å². The molecule has 1 unspecified atom stereocenters. The summed E-state index contributed by atoms with van der Waals surface area (Å²) in [6.07, 6.45) is 7.50. The number of hydrogen-bond acceptors (Lipinski definition) is 3. The van der Waals surface area contributed by atoms with Gasteiger partial charge >= 0.3 is 0 Å². The molecule has 0 aliphatic rings. The van der Waals surface area contributed by atoms with Gasteiger partial charge in [0.05, 0.1) is 17.7 Å². The minimum Gasteiger partial charge on any atom is -0.351 e. The van der Waals surface area contributed by atoms with Gasteiger partial charge in [0.25, 0.3) is 0 Å². The smallest absolute Gasteiger partial charge is 0.0923 e. The lowest BCUT2D eigenvalue weighted by atomic mass is 10.0. The van der Waals surface area contributed by atoms with Gasteiger partial charge in [-0.15, -0.1) is 0 Å². The van der Waals surface area contributed by atoms with Crippen LogP contribution in [0, 0.1) is 0 Å². The molecule has 2 aromatic heterocycles. The van der Waals surface area contributed by atoms with E-state index < -0.39 is 0 Å². The highest BCUT2D eigenvalue weighted by atomic mass is 15.2. The Morgan fingerprint density at radius 3 is 2.56 bits per heavy atom. The summed E-state index contributed by atoms with van der Waals surface area (Å²) in [5.74, 6) is 0. The third kappa shape index (κ3) is 3.20. The number of imidazole rings is 1. The Balaban J connectivity index is 2.06. The Kier molecular flexibility index (Phi) is 4.52. The van der Waals surface area contributed by atoms with Gasteiger partial charge < -0.3 is 9.88 Å². The standard InChI is InChI=1S/C13H21N5/c1-3-18(4-2)13(7-11-5-6-16-17-11)8-12-9-14-10-15-12/h5-6,9-10,13H,3-4,7-8H2,1-2H3,(H,14,15)(H,16,17). The number of aromatic nitrogens is 4. The maximum absolute atomic E-state index is 4.33. The molecule has 98 valence electrons. The lowest BCUT2D eigenvalue weighted by Crippen LogP contribution is -2.38. The van der Waals surface area contributed by atoms with Gasteiger partial charge in [-0.1, -0.05) is 13.8 Å². The monoisotopic (exact) mass is 247 g/mol. The molecule has 0 amide bonds. The van der Waals surface area contributed by atoms with E-state index in [0.717, 1.165) is 37.3 Å². The molecule has 2 N–H and O–H groups in total. The van der Waals surface area contributed by atoms with Crippen molar-refractivity contribution in [2.45, 2.75) is 32.7 Å². The van der Waals surface area contributed by atoms with Gasteiger partial charge in [-0.2, -0.15) is 5.10 Å². The zero-order valence-electron chi connectivity index (χ0n) is 11.1. The molecule has 0 fully saturated rings. The van der Waals surface area contributed by atoms with Crippen molar-refractivity contribution in [3.05, 3.63) is 36.2 Å². The highest BCUT2D eigenvalue weighted by molar-refractivity contribution is 5.05. The number of aromatic amines is 2. The molecule has 2 heterocycles. The fraction of sp³-hybridized carbons (Fsp3) is 0.538. The van der Waals surface area contributed by atoms with E-state index in [-0.39, 0.29) is 0 Å². The van der Waals surface area contributed by atoms with Crippen LogP contribution in [-0.2, 0) is 12.8 Å². The quantitative estimate of drug-likeness (QED) is 0.781. The van der Waals surface area contributed by atoms with Crippen LogP contribution in [0.2, 0.25) is 0 Å². The fourth-order valence-electron chi connectivity index (χ4n) is 2.36. The third-order valence-corrected chi connectivity index (χ3v) is 3.33. The topological polar surface area (TPSA) is 60.6 Å². The third-order valence-electron chi connectivity index (χ3n) is 3.33. The molecule has 0 saturated heterocycles. The number of hydrogen-bond donors (Lipinski definition) is 2. The van der Waals surface area contributed by atoms with E-state index in [4.69, 9.17) is 0 Å². The van der Waals surface area contributed by atoms with Gasteiger partial charge in [0.15, 0.2) is 0 Å². The Labute approximate surface area is 108 Å². The first-order valence-corrected chi connectivity index (χ1v) is 6.53. The molecule has 2 rings (SSSR count). The number of H-pyrrole nitrogens is 2. The van der Waals surface area contributed by atoms with Crippen molar-refractivity contribution in [2.75, 3.05) is 13.1 Å². The van der Waals surface area contributed by atoms with Crippen LogP contribution >= 0.6 is 0 Å². The maximum atomic E-state index is 4.33. The van der Waals surface area contributed by atoms with Crippen LogP contribution in [0.4, 0.5) is 0 Å². The Bertz CT molecular complexity index is 380. The Morgan fingerprint density at radius 2 is 2.00 bits per heavy atom. The molecular formula is C13H21N5. The number of nitrogens with one attached hydrogen (secondary N) is 2. The first-order valence-electron chi connectivity index (χ1n) is 6.53. The molecule has 0 aliphatic heterocycles. The van der Waals surface area contributed by atoms with E-state index in [0.29, 0.717) is 6.04 Å². The molecule has 2 aromatic rings. The van der Waals surface area contributed by atoms with Crippen LogP contribution in [0.5, 0.6) is 0 Å². The Morgan fingerprint density at radius 1 is 1.22 bits per heavy atom. The first kappa shape index (κ1) is 12.8. The van der Waals surface area contributed by atoms with Crippen LogP contribution in [-0.4, -0.2) is 44.2 Å². The molecule has 0 bridgehead atoms. The van der Waals surface area contributed by atoms with Gasteiger partial charge in [0, 0.05) is 31.3 Å². The number of nitrogens with zero attached hydrogens (tertiary/aromatic N) is 3. The van der Waals surface area contributed by atoms with Crippen molar-refractivity contribution in [2.24, 2.45) is 0 Å². The molecule has 18 heavy (non-hydrogen) atoms. The molecule has 1 atom stereocenters. The molecule has 0 aromatic carbocycles. The lowest BCUT2D eigenvalue weighted by Gasteiger charge is -2.28. The fourth-order valence-corrected chi connectivity index (χ4v) is 2.36. The van der Waals surface area contributed by atoms with Gasteiger partial charge in [-0.3, -0.25) is 5.10 Å². The van der Waals surface area contributed by atoms with Crippen molar-refractivity contribution in [1.29, 1.82) is 0 Å². The second-order valence-electron chi connectivity index (χ2n) is 4.41. The van der Waals surface area contributed by atoms with Crippen molar-refractivity contribution in [3.8, 4) is 0 Å². The second-order valence-corrected chi connectivity index (χ2v) is 4.41. The van der Waals surface area contributed by atoms with E-state index in [1.54, 1.807) is 6.33 Å². The molecular weight excluding hydrogens is 226 g/mol. The molecule has 0 radical (unpaired) electrons. The summed E-state index contributed by atoms with van der Waals surface area (Å²) in [4.78, 5) is 9.81. The van der Waals surface area contributed by atoms with Crippen LogP contribution < -0.4 is 0 Å². The molecule has 0 aliphatic carbocycles. The van der Waals surface area contributed by atoms with Gasteiger partial charge in [-0.25, -0.2) is 4.98 Å². The first-order chi connectivity index (χ1) is 8.83. The maximum Gasteiger partial charge on any atom is 0.0923 e. The summed E-state index contributed by atoms with van der Waals surface area (Å²) < 4.78 is 0. The minimum absolute atomic E-state index is 0.451. The van der Waals surface area contributed by atoms with Gasteiger partial charge in [0.1, 0.15) is 0 Å². The summed E-state index contributed by atoms with van der Waals surface area (Å²) >= 11 is 0. The number of rotatable bonds is 7. The molecule has 5 nitrogen and oxygen atoms in total. The van der Waals surface area contributed by atoms with Crippen molar-refractivity contribution < 1.29 is 0 Å². The summed E-state index contributed by atoms with van der Waals surface area (Å²) in [6.45, 7) is 6.50. The van der Waals surface area contributed by atoms with Gasteiger partial charge in [-0.05, 0) is 19.2 Å². The summed E-state index contributed by atoms with van der Waals surface area (Å²) in [5, 5.41) is 7.14. The summed E-state index contributed by atoms with van der Waals surface area (Å²) in [6, 6.07) is 2.49. The lowest BCUT2D eigenvalue weighted by molar-refractivity contribution is 0.211. The molecule has 0 spiro atoms. The van der Waals surface area contributed by atoms with Crippen LogP contribution in [0.25, 0.3) is 0 Å². The van der Waals surface area contributed by atoms with Crippen LogP contribution in [0.1, 0.15) is 25.2 Å². The predicted molar refractivity (Wildman–Crippen MR) is 71.3 cm³/mol. The van der Waals surface area contributed by atoms with E-state index in [2.05, 4.69) is 38.9 Å². The molecule has 0 saturated carbocycles. The molecule has 5 heteroatoms. The minimum atomic E-state index is 0.451. The van der Waals surface area contributed by atoms with Gasteiger partial charge in [0.2, 0.25) is 0 Å². The highest BCUT2D eigenvalue weighted by Crippen LogP contribution is 2.11. The SMILES string of the molecule is CCN(CC)C(Cc1c[nH]cn1)Cc1cc[nH]n1. The van der Waals surface area contributed by atoms with Crippen molar-refractivity contribution in [1.82, 2.24) is 25.1 Å². The van der Waals surface area contributed by atoms with E-state index in [1.807, 2.05) is 18.5 Å². The highest BCUT2D eigenvalue weighted by Gasteiger charge is 2.18. The Hall–Kier alpha value is -1.62. The van der Waals surface area contributed by atoms with E-state index >= 15 is 0 Å². The van der Waals surface area contributed by atoms with E-state index in [9.17, 15) is 0 Å². The van der Waals surface area contributed by atoms with Crippen molar-refractivity contribution in [3.63, 3.8) is 0 Å². The van der Waals surface area contributed by atoms with Crippen molar-refractivity contribution >= 4 is 0 Å². The normalized spacial score (nSPS) is 13.1. The zero-order chi connectivity index (χ0) is 12.8. The summed E-state index contributed by atoms with van der Waals surface area (Å²) in [7, 11) is 0. The number of likely N-dealkylation sites (N-methyl/N-ethyl adjacent to an activating group) is 1. The zero-order valence-corrected chi connectivity index (χ0v) is 11.1. The van der Waals surface area contributed by atoms with E-state index in [1.165, 1.54) is 0 Å². The summed E-state index contributed by atoms with van der Waals surface area (Å²) in [5.41, 5.74) is 2.23. The second kappa shape index (κ2) is 6.35. The van der Waals surface area contributed by atoms with Crippen LogP contribution in [0.15, 0.2) is 24.8 Å². The predicted octanol–water partition coefficient (Wildman–Crippen LogP) is 1.63. The largest absolute Gasteiger partial charge is 0.351 e.